The van der Waals surface area contributed by atoms with Gasteiger partial charge in [0.1, 0.15) is 0 Å². The first-order valence-electron chi connectivity index (χ1n) is 9.17. The molecule has 27 heavy (non-hydrogen) atoms. The second kappa shape index (κ2) is 7.29. The number of nitrogens with zero attached hydrogens (tertiary/aromatic N) is 1. The van der Waals surface area contributed by atoms with Gasteiger partial charge in [-0.2, -0.15) is 0 Å². The molecule has 0 spiro atoms. The van der Waals surface area contributed by atoms with E-state index in [1.165, 1.54) is 4.57 Å². The Labute approximate surface area is 158 Å². The molecular formula is C21H22N2O3S. The lowest BCUT2D eigenvalue weighted by atomic mass is 10.0. The summed E-state index contributed by atoms with van der Waals surface area (Å²) in [5, 5.41) is 1.46. The van der Waals surface area contributed by atoms with Gasteiger partial charge in [-0.05, 0) is 41.8 Å². The largest absolute Gasteiger partial charge is 0.314 e. The molecule has 140 valence electrons. The lowest BCUT2D eigenvalue weighted by molar-refractivity contribution is 0.524. The Kier molecular flexibility index (Phi) is 4.85. The van der Waals surface area contributed by atoms with Crippen molar-refractivity contribution in [2.24, 2.45) is 5.92 Å². The Balaban J connectivity index is 1.50. The predicted molar refractivity (Wildman–Crippen MR) is 107 cm³/mol. The third kappa shape index (κ3) is 4.12. The number of hydrogen-bond donors (Lipinski definition) is 1. The number of nitrogens with one attached hydrogen (secondary N) is 1. The van der Waals surface area contributed by atoms with Gasteiger partial charge in [-0.1, -0.05) is 48.5 Å². The maximum absolute atomic E-state index is 12.7. The number of aromatic nitrogens is 1. The van der Waals surface area contributed by atoms with Gasteiger partial charge in [0.2, 0.25) is 10.0 Å². The van der Waals surface area contributed by atoms with Gasteiger partial charge in [-0.25, -0.2) is 13.1 Å². The zero-order chi connectivity index (χ0) is 18.9. The SMILES string of the molecule is O=c1c2ccccc2ccn1CCS(=O)(=O)N[C@H](c1ccccc1)C1CC1. The molecule has 1 aliphatic rings. The Morgan fingerprint density at radius 3 is 2.44 bits per heavy atom. The number of fused-ring (bicyclic) bond motifs is 1. The average Bonchev–Trinajstić information content (AvgIpc) is 3.52. The molecule has 0 amide bonds. The number of pyridine rings is 1. The van der Waals surface area contributed by atoms with E-state index < -0.39 is 10.0 Å². The van der Waals surface area contributed by atoms with Crippen LogP contribution in [0.2, 0.25) is 0 Å². The molecule has 0 radical (unpaired) electrons. The van der Waals surface area contributed by atoms with Crippen LogP contribution >= 0.6 is 0 Å². The van der Waals surface area contributed by atoms with Gasteiger partial charge in [-0.3, -0.25) is 4.79 Å². The van der Waals surface area contributed by atoms with Crippen LogP contribution in [0.5, 0.6) is 0 Å². The normalized spacial score (nSPS) is 15.7. The van der Waals surface area contributed by atoms with Gasteiger partial charge in [0.15, 0.2) is 0 Å². The summed E-state index contributed by atoms with van der Waals surface area (Å²) in [6.07, 6.45) is 3.73. The Morgan fingerprint density at radius 1 is 1.00 bits per heavy atom. The fourth-order valence-corrected chi connectivity index (χ4v) is 4.67. The Hall–Kier alpha value is -2.44. The van der Waals surface area contributed by atoms with Crippen LogP contribution < -0.4 is 10.3 Å². The van der Waals surface area contributed by atoms with Crippen molar-refractivity contribution < 1.29 is 8.42 Å². The molecule has 0 saturated heterocycles. The summed E-state index contributed by atoms with van der Waals surface area (Å²) in [6, 6.07) is 18.7. The van der Waals surface area contributed by atoms with Crippen molar-refractivity contribution in [1.82, 2.24) is 9.29 Å². The van der Waals surface area contributed by atoms with Crippen molar-refractivity contribution in [1.29, 1.82) is 0 Å². The number of rotatable bonds is 7. The van der Waals surface area contributed by atoms with E-state index in [4.69, 9.17) is 0 Å². The van der Waals surface area contributed by atoms with Crippen molar-refractivity contribution in [3.8, 4) is 0 Å². The molecule has 3 aromatic rings. The van der Waals surface area contributed by atoms with Crippen LogP contribution in [0.3, 0.4) is 0 Å². The van der Waals surface area contributed by atoms with Crippen molar-refractivity contribution in [2.45, 2.75) is 25.4 Å². The highest BCUT2D eigenvalue weighted by molar-refractivity contribution is 7.89. The zero-order valence-electron chi connectivity index (χ0n) is 14.9. The Bertz CT molecular complexity index is 1100. The number of sulfonamides is 1. The van der Waals surface area contributed by atoms with Crippen LogP contribution in [-0.2, 0) is 16.6 Å². The molecule has 1 aliphatic carbocycles. The third-order valence-corrected chi connectivity index (χ3v) is 6.38. The smallest absolute Gasteiger partial charge is 0.258 e. The van der Waals surface area contributed by atoms with Gasteiger partial charge < -0.3 is 4.57 Å². The number of benzene rings is 2. The first kappa shape index (κ1) is 17.9. The van der Waals surface area contributed by atoms with E-state index in [1.54, 1.807) is 12.3 Å². The van der Waals surface area contributed by atoms with Crippen molar-refractivity contribution in [2.75, 3.05) is 5.75 Å². The first-order valence-corrected chi connectivity index (χ1v) is 10.8. The molecule has 4 rings (SSSR count). The fourth-order valence-electron chi connectivity index (χ4n) is 3.40. The third-order valence-electron chi connectivity index (χ3n) is 5.05. The minimum Gasteiger partial charge on any atom is -0.314 e. The Morgan fingerprint density at radius 2 is 1.70 bits per heavy atom. The summed E-state index contributed by atoms with van der Waals surface area (Å²) in [7, 11) is -3.51. The molecule has 1 N–H and O–H groups in total. The van der Waals surface area contributed by atoms with Gasteiger partial charge in [0, 0.05) is 24.2 Å². The molecule has 6 heteroatoms. The van der Waals surface area contributed by atoms with Gasteiger partial charge in [0.25, 0.3) is 5.56 Å². The van der Waals surface area contributed by atoms with E-state index in [0.29, 0.717) is 11.3 Å². The van der Waals surface area contributed by atoms with E-state index in [1.807, 2.05) is 54.6 Å². The van der Waals surface area contributed by atoms with Gasteiger partial charge >= 0.3 is 0 Å². The highest BCUT2D eigenvalue weighted by atomic mass is 32.2. The summed E-state index contributed by atoms with van der Waals surface area (Å²) in [5.41, 5.74) is 0.830. The minimum atomic E-state index is -3.51. The number of aryl methyl sites for hydroxylation is 1. The van der Waals surface area contributed by atoms with Crippen LogP contribution in [0.1, 0.15) is 24.4 Å². The van der Waals surface area contributed by atoms with Crippen molar-refractivity contribution in [3.05, 3.63) is 82.8 Å². The molecule has 5 nitrogen and oxygen atoms in total. The molecular weight excluding hydrogens is 360 g/mol. The molecule has 0 bridgehead atoms. The fraction of sp³-hybridized carbons (Fsp3) is 0.286. The molecule has 1 heterocycles. The quantitative estimate of drug-likeness (QED) is 0.683. The zero-order valence-corrected chi connectivity index (χ0v) is 15.7. The van der Waals surface area contributed by atoms with Crippen molar-refractivity contribution >= 4 is 20.8 Å². The van der Waals surface area contributed by atoms with E-state index in [0.717, 1.165) is 23.8 Å². The van der Waals surface area contributed by atoms with E-state index in [2.05, 4.69) is 4.72 Å². The second-order valence-corrected chi connectivity index (χ2v) is 8.94. The maximum Gasteiger partial charge on any atom is 0.258 e. The summed E-state index contributed by atoms with van der Waals surface area (Å²) in [4.78, 5) is 12.6. The predicted octanol–water partition coefficient (Wildman–Crippen LogP) is 3.07. The number of hydrogen-bond acceptors (Lipinski definition) is 3. The lowest BCUT2D eigenvalue weighted by Gasteiger charge is -2.19. The highest BCUT2D eigenvalue weighted by Crippen LogP contribution is 2.41. The molecule has 1 fully saturated rings. The van der Waals surface area contributed by atoms with Crippen molar-refractivity contribution in [3.63, 3.8) is 0 Å². The summed E-state index contributed by atoms with van der Waals surface area (Å²) >= 11 is 0. The summed E-state index contributed by atoms with van der Waals surface area (Å²) in [5.74, 6) is 0.229. The molecule has 0 aliphatic heterocycles. The van der Waals surface area contributed by atoms with Crippen LogP contribution in [0, 0.1) is 5.92 Å². The summed E-state index contributed by atoms with van der Waals surface area (Å²) < 4.78 is 29.7. The lowest BCUT2D eigenvalue weighted by Crippen LogP contribution is -2.34. The van der Waals surface area contributed by atoms with Crippen LogP contribution in [-0.4, -0.2) is 18.7 Å². The molecule has 2 aromatic carbocycles. The van der Waals surface area contributed by atoms with Crippen LogP contribution in [0.25, 0.3) is 10.8 Å². The van der Waals surface area contributed by atoms with E-state index >= 15 is 0 Å². The molecule has 1 atom stereocenters. The molecule has 1 saturated carbocycles. The summed E-state index contributed by atoms with van der Waals surface area (Å²) in [6.45, 7) is 0.130. The van der Waals surface area contributed by atoms with Gasteiger partial charge in [-0.15, -0.1) is 0 Å². The van der Waals surface area contributed by atoms with Crippen LogP contribution in [0.15, 0.2) is 71.7 Å². The second-order valence-electron chi connectivity index (χ2n) is 7.06. The standard InChI is InChI=1S/C21H22N2O3S/c24-21-19-9-5-4-6-16(19)12-13-23(21)14-15-27(25,26)22-20(18-10-11-18)17-7-2-1-3-8-17/h1-9,12-13,18,20,22H,10-11,14-15H2/t20-/m1/s1. The monoisotopic (exact) mass is 382 g/mol. The topological polar surface area (TPSA) is 68.2 Å². The first-order chi connectivity index (χ1) is 13.0. The van der Waals surface area contributed by atoms with Crippen LogP contribution in [0.4, 0.5) is 0 Å². The van der Waals surface area contributed by atoms with Gasteiger partial charge in [0.05, 0.1) is 5.75 Å². The van der Waals surface area contributed by atoms with E-state index in [-0.39, 0.29) is 23.9 Å². The average molecular weight is 382 g/mol. The molecule has 1 aromatic heterocycles. The molecule has 0 unspecified atom stereocenters. The minimum absolute atomic E-state index is 0.124. The maximum atomic E-state index is 12.7. The van der Waals surface area contributed by atoms with E-state index in [9.17, 15) is 13.2 Å². The highest BCUT2D eigenvalue weighted by Gasteiger charge is 2.34.